The van der Waals surface area contributed by atoms with Crippen molar-refractivity contribution in [1.29, 1.82) is 0 Å². The number of benzene rings is 1. The molecule has 22 heavy (non-hydrogen) atoms. The maximum absolute atomic E-state index is 12.3. The predicted octanol–water partition coefficient (Wildman–Crippen LogP) is 2.12. The van der Waals surface area contributed by atoms with Gasteiger partial charge in [-0.25, -0.2) is 9.67 Å². The number of aryl methyl sites for hydroxylation is 1. The minimum Gasteiger partial charge on any atom is -0.463 e. The molecule has 0 bridgehead atoms. The Hall–Kier alpha value is -2.17. The highest BCUT2D eigenvalue weighted by molar-refractivity contribution is 5.79. The Balaban J connectivity index is 1.40. The fraction of sp³-hybridized carbons (Fsp3) is 0.471. The smallest absolute Gasteiger partial charge is 0.309 e. The third-order valence-electron chi connectivity index (χ3n) is 5.01. The second-order valence-corrected chi connectivity index (χ2v) is 6.25. The van der Waals surface area contributed by atoms with Gasteiger partial charge in [0.05, 0.1) is 12.5 Å². The molecule has 1 aromatic heterocycles. The van der Waals surface area contributed by atoms with E-state index in [0.717, 1.165) is 19.3 Å². The van der Waals surface area contributed by atoms with Gasteiger partial charge in [-0.2, -0.15) is 5.10 Å². The molecule has 1 heterocycles. The number of rotatable bonds is 4. The fourth-order valence-electron chi connectivity index (χ4n) is 3.83. The summed E-state index contributed by atoms with van der Waals surface area (Å²) in [6.07, 6.45) is 7.45. The summed E-state index contributed by atoms with van der Waals surface area (Å²) in [5.74, 6) is -0.0264. The van der Waals surface area contributed by atoms with Crippen LogP contribution in [0, 0.1) is 5.92 Å². The van der Waals surface area contributed by atoms with Crippen LogP contribution in [0.1, 0.15) is 30.4 Å². The maximum Gasteiger partial charge on any atom is 0.309 e. The van der Waals surface area contributed by atoms with E-state index in [-0.39, 0.29) is 17.3 Å². The van der Waals surface area contributed by atoms with E-state index in [0.29, 0.717) is 13.2 Å². The second-order valence-electron chi connectivity index (χ2n) is 6.25. The first-order valence-corrected chi connectivity index (χ1v) is 7.87. The first kappa shape index (κ1) is 13.5. The first-order chi connectivity index (χ1) is 10.8. The summed E-state index contributed by atoms with van der Waals surface area (Å²) in [4.78, 5) is 16.2. The van der Waals surface area contributed by atoms with Crippen LogP contribution in [0.5, 0.6) is 0 Å². The normalized spacial score (nSPS) is 25.7. The van der Waals surface area contributed by atoms with Gasteiger partial charge < -0.3 is 4.74 Å². The topological polar surface area (TPSA) is 57.0 Å². The highest BCUT2D eigenvalue weighted by atomic mass is 16.5. The van der Waals surface area contributed by atoms with E-state index in [1.807, 2.05) is 0 Å². The molecule has 2 aliphatic carbocycles. The van der Waals surface area contributed by atoms with Gasteiger partial charge in [0.15, 0.2) is 0 Å². The summed E-state index contributed by atoms with van der Waals surface area (Å²) in [6, 6.07) is 8.56. The third-order valence-corrected chi connectivity index (χ3v) is 5.01. The molecule has 0 aliphatic heterocycles. The van der Waals surface area contributed by atoms with E-state index in [9.17, 15) is 4.79 Å². The van der Waals surface area contributed by atoms with Crippen molar-refractivity contribution in [1.82, 2.24) is 14.8 Å². The first-order valence-electron chi connectivity index (χ1n) is 7.87. The van der Waals surface area contributed by atoms with Crippen LogP contribution in [0.25, 0.3) is 0 Å². The van der Waals surface area contributed by atoms with E-state index in [1.54, 1.807) is 11.0 Å². The molecule has 0 saturated heterocycles. The predicted molar refractivity (Wildman–Crippen MR) is 80.1 cm³/mol. The van der Waals surface area contributed by atoms with Crippen LogP contribution in [0.2, 0.25) is 0 Å². The number of carbonyl (C=O) groups excluding carboxylic acids is 1. The van der Waals surface area contributed by atoms with E-state index in [4.69, 9.17) is 4.74 Å². The van der Waals surface area contributed by atoms with Crippen LogP contribution >= 0.6 is 0 Å². The molecule has 2 atom stereocenters. The third kappa shape index (κ3) is 2.21. The lowest BCUT2D eigenvalue weighted by Gasteiger charge is -2.26. The summed E-state index contributed by atoms with van der Waals surface area (Å²) in [7, 11) is 0. The number of nitrogens with zero attached hydrogens (tertiary/aromatic N) is 3. The van der Waals surface area contributed by atoms with Crippen LogP contribution in [0.15, 0.2) is 36.9 Å². The number of fused-ring (bicyclic) bond motifs is 2. The monoisotopic (exact) mass is 297 g/mol. The standard InChI is InChI=1S/C17H19N3O2/c21-16(22-9-8-20-12-18-11-19-20)15-10-17(15)7-3-5-13-4-1-2-6-14(13)17/h1-2,4,6,11-12,15H,3,5,7-10H2/t15-,17-/m1/s1. The number of esters is 1. The van der Waals surface area contributed by atoms with Gasteiger partial charge in [-0.05, 0) is 36.8 Å². The zero-order chi connectivity index (χ0) is 15.0. The van der Waals surface area contributed by atoms with Crippen molar-refractivity contribution in [2.45, 2.75) is 37.6 Å². The number of carbonyl (C=O) groups is 1. The average Bonchev–Trinajstić information content (AvgIpc) is 3.02. The highest BCUT2D eigenvalue weighted by Gasteiger charge is 2.60. The van der Waals surface area contributed by atoms with Crippen molar-refractivity contribution in [2.75, 3.05) is 6.61 Å². The van der Waals surface area contributed by atoms with Crippen LogP contribution < -0.4 is 0 Å². The second kappa shape index (κ2) is 5.23. The van der Waals surface area contributed by atoms with Crippen molar-refractivity contribution in [3.05, 3.63) is 48.0 Å². The molecule has 1 saturated carbocycles. The van der Waals surface area contributed by atoms with E-state index in [1.165, 1.54) is 23.9 Å². The maximum atomic E-state index is 12.3. The van der Waals surface area contributed by atoms with Crippen LogP contribution in [0.3, 0.4) is 0 Å². The molecular formula is C17H19N3O2. The van der Waals surface area contributed by atoms with Gasteiger partial charge in [0.25, 0.3) is 0 Å². The zero-order valence-electron chi connectivity index (χ0n) is 12.4. The zero-order valence-corrected chi connectivity index (χ0v) is 12.4. The highest BCUT2D eigenvalue weighted by Crippen LogP contribution is 2.60. The fourth-order valence-corrected chi connectivity index (χ4v) is 3.83. The number of hydrogen-bond donors (Lipinski definition) is 0. The SMILES string of the molecule is O=C(OCCn1cncn1)[C@H]1C[C@@]12CCCc1ccccc12. The molecule has 4 rings (SSSR count). The van der Waals surface area contributed by atoms with Crippen molar-refractivity contribution in [3.63, 3.8) is 0 Å². The quantitative estimate of drug-likeness (QED) is 0.811. The molecule has 114 valence electrons. The Labute approximate surface area is 129 Å². The van der Waals surface area contributed by atoms with Gasteiger partial charge in [-0.3, -0.25) is 4.79 Å². The van der Waals surface area contributed by atoms with E-state index >= 15 is 0 Å². The van der Waals surface area contributed by atoms with Gasteiger partial charge in [0, 0.05) is 5.41 Å². The summed E-state index contributed by atoms with van der Waals surface area (Å²) in [5.41, 5.74) is 2.84. The van der Waals surface area contributed by atoms with Crippen LogP contribution in [0.4, 0.5) is 0 Å². The van der Waals surface area contributed by atoms with E-state index < -0.39 is 0 Å². The lowest BCUT2D eigenvalue weighted by Crippen LogP contribution is -2.23. The summed E-state index contributed by atoms with van der Waals surface area (Å²) < 4.78 is 7.13. The van der Waals surface area contributed by atoms with Gasteiger partial charge in [0.1, 0.15) is 19.3 Å². The van der Waals surface area contributed by atoms with Crippen molar-refractivity contribution in [3.8, 4) is 0 Å². The minimum absolute atomic E-state index is 0.0321. The van der Waals surface area contributed by atoms with E-state index in [2.05, 4.69) is 34.3 Å². The molecule has 1 spiro atoms. The Kier molecular flexibility index (Phi) is 3.21. The summed E-state index contributed by atoms with van der Waals surface area (Å²) in [6.45, 7) is 0.915. The molecular weight excluding hydrogens is 278 g/mol. The lowest BCUT2D eigenvalue weighted by atomic mass is 9.79. The minimum atomic E-state index is -0.0585. The molecule has 0 unspecified atom stereocenters. The average molecular weight is 297 g/mol. The number of aromatic nitrogens is 3. The molecule has 1 aromatic carbocycles. The van der Waals surface area contributed by atoms with Gasteiger partial charge in [-0.15, -0.1) is 0 Å². The Bertz CT molecular complexity index is 683. The molecule has 1 fully saturated rings. The van der Waals surface area contributed by atoms with Crippen molar-refractivity contribution in [2.24, 2.45) is 5.92 Å². The Morgan fingerprint density at radius 1 is 1.41 bits per heavy atom. The molecule has 2 aliphatic rings. The Morgan fingerprint density at radius 2 is 2.32 bits per heavy atom. The summed E-state index contributed by atoms with van der Waals surface area (Å²) >= 11 is 0. The molecule has 0 radical (unpaired) electrons. The lowest BCUT2D eigenvalue weighted by molar-refractivity contribution is -0.146. The van der Waals surface area contributed by atoms with Crippen molar-refractivity contribution >= 4 is 5.97 Å². The summed E-state index contributed by atoms with van der Waals surface area (Å²) in [5, 5.41) is 4.00. The number of ether oxygens (including phenoxy) is 1. The Morgan fingerprint density at radius 3 is 3.18 bits per heavy atom. The van der Waals surface area contributed by atoms with Crippen molar-refractivity contribution < 1.29 is 9.53 Å². The molecule has 5 heteroatoms. The van der Waals surface area contributed by atoms with Gasteiger partial charge >= 0.3 is 5.97 Å². The van der Waals surface area contributed by atoms with Gasteiger partial charge in [0.2, 0.25) is 0 Å². The van der Waals surface area contributed by atoms with Crippen LogP contribution in [-0.4, -0.2) is 27.3 Å². The number of hydrogen-bond acceptors (Lipinski definition) is 4. The molecule has 2 aromatic rings. The largest absolute Gasteiger partial charge is 0.463 e. The molecule has 0 N–H and O–H groups in total. The van der Waals surface area contributed by atoms with Gasteiger partial charge in [-0.1, -0.05) is 24.3 Å². The molecule has 5 nitrogen and oxygen atoms in total. The van der Waals surface area contributed by atoms with Crippen LogP contribution in [-0.2, 0) is 27.9 Å². The molecule has 0 amide bonds.